The van der Waals surface area contributed by atoms with E-state index >= 15 is 0 Å². The summed E-state index contributed by atoms with van der Waals surface area (Å²) in [5, 5.41) is 6.15. The lowest BCUT2D eigenvalue weighted by molar-refractivity contribution is -0.139. The Kier molecular flexibility index (Phi) is 7.22. The van der Waals surface area contributed by atoms with Crippen molar-refractivity contribution in [3.8, 4) is 0 Å². The lowest BCUT2D eigenvalue weighted by Crippen LogP contribution is -2.08. The van der Waals surface area contributed by atoms with Crippen LogP contribution in [0, 0.1) is 0 Å². The van der Waals surface area contributed by atoms with Gasteiger partial charge in [0.25, 0.3) is 0 Å². The maximum atomic E-state index is 12.9. The fourth-order valence-corrected chi connectivity index (χ4v) is 3.20. The predicted octanol–water partition coefficient (Wildman–Crippen LogP) is 7.84. The molecule has 12 heteroatoms. The molecule has 0 aliphatic carbocycles. The van der Waals surface area contributed by atoms with Crippen LogP contribution in [0.1, 0.15) is 22.3 Å². The number of alkyl halides is 6. The summed E-state index contributed by atoms with van der Waals surface area (Å²) in [6.45, 7) is 0. The molecule has 2 aromatic rings. The highest BCUT2D eigenvalue weighted by Crippen LogP contribution is 2.36. The molecule has 2 rings (SSSR count). The minimum atomic E-state index is -4.63. The van der Waals surface area contributed by atoms with Gasteiger partial charge in [-0.25, -0.2) is 0 Å². The second-order valence-electron chi connectivity index (χ2n) is 5.17. The van der Waals surface area contributed by atoms with Crippen molar-refractivity contribution in [1.29, 1.82) is 0 Å². The lowest BCUT2D eigenvalue weighted by Gasteiger charge is -2.10. The standard InChI is InChI=1S/C16H6Br2Cl2F6N2/c17-11-3-1-7(5-9(11)15(21,22)23)13(19)27-28-14(20)8-2-4-12(18)10(6-8)16(24,25)26/h1-6H. The normalized spacial score (nSPS) is 13.8. The van der Waals surface area contributed by atoms with Gasteiger partial charge in [0.15, 0.2) is 10.3 Å². The minimum Gasteiger partial charge on any atom is -0.166 e. The van der Waals surface area contributed by atoms with Crippen molar-refractivity contribution in [3.05, 3.63) is 67.6 Å². The third-order valence-electron chi connectivity index (χ3n) is 3.25. The minimum absolute atomic E-state index is 0.0998. The molecule has 150 valence electrons. The van der Waals surface area contributed by atoms with Gasteiger partial charge in [0.2, 0.25) is 0 Å². The third-order valence-corrected chi connectivity index (χ3v) is 5.22. The maximum absolute atomic E-state index is 12.9. The molecule has 0 aliphatic rings. The van der Waals surface area contributed by atoms with Gasteiger partial charge in [-0.3, -0.25) is 0 Å². The van der Waals surface area contributed by atoms with Crippen molar-refractivity contribution >= 4 is 65.4 Å². The molecule has 2 nitrogen and oxygen atoms in total. The van der Waals surface area contributed by atoms with Gasteiger partial charge in [-0.1, -0.05) is 67.2 Å². The Hall–Kier alpha value is -1.10. The van der Waals surface area contributed by atoms with E-state index < -0.39 is 33.8 Å². The zero-order valence-corrected chi connectivity index (χ0v) is 17.8. The Labute approximate surface area is 181 Å². The zero-order valence-electron chi connectivity index (χ0n) is 13.1. The highest BCUT2D eigenvalue weighted by Gasteiger charge is 2.34. The molecule has 0 aromatic heterocycles. The summed E-state index contributed by atoms with van der Waals surface area (Å²) in [6.07, 6.45) is -9.25. The van der Waals surface area contributed by atoms with Crippen molar-refractivity contribution < 1.29 is 26.3 Å². The molecule has 2 aromatic carbocycles. The average molecular weight is 571 g/mol. The van der Waals surface area contributed by atoms with Crippen molar-refractivity contribution in [2.75, 3.05) is 0 Å². The van der Waals surface area contributed by atoms with E-state index in [0.29, 0.717) is 0 Å². The molecule has 0 radical (unpaired) electrons. The van der Waals surface area contributed by atoms with Crippen molar-refractivity contribution in [3.63, 3.8) is 0 Å². The number of hydrogen-bond donors (Lipinski definition) is 0. The SMILES string of the molecule is FC(F)(F)c1cc(C(Cl)=NN=C(Cl)c2ccc(Br)c(C(F)(F)F)c2)ccc1Br. The Morgan fingerprint density at radius 3 is 1.29 bits per heavy atom. The van der Waals surface area contributed by atoms with Crippen LogP contribution in [0.3, 0.4) is 0 Å². The third kappa shape index (κ3) is 5.71. The monoisotopic (exact) mass is 568 g/mol. The first-order valence-corrected chi connectivity index (χ1v) is 9.36. The second kappa shape index (κ2) is 8.73. The molecule has 0 spiro atoms. The van der Waals surface area contributed by atoms with Gasteiger partial charge in [-0.15, -0.1) is 10.2 Å². The van der Waals surface area contributed by atoms with Gasteiger partial charge in [0.05, 0.1) is 11.1 Å². The summed E-state index contributed by atoms with van der Waals surface area (Å²) in [7, 11) is 0. The van der Waals surface area contributed by atoms with Gasteiger partial charge >= 0.3 is 12.4 Å². The van der Waals surface area contributed by atoms with E-state index in [-0.39, 0.29) is 20.1 Å². The molecule has 0 unspecified atom stereocenters. The molecule has 0 amide bonds. The van der Waals surface area contributed by atoms with E-state index in [1.807, 2.05) is 0 Å². The number of rotatable bonds is 3. The first-order chi connectivity index (χ1) is 12.8. The second-order valence-corrected chi connectivity index (χ2v) is 7.59. The van der Waals surface area contributed by atoms with Gasteiger partial charge in [-0.05, 0) is 24.3 Å². The molecule has 0 heterocycles. The Morgan fingerprint density at radius 2 is 1.00 bits per heavy atom. The summed E-state index contributed by atoms with van der Waals surface area (Å²) in [4.78, 5) is 0. The molecule has 0 fully saturated rings. The smallest absolute Gasteiger partial charge is 0.166 e. The Balaban J connectivity index is 2.38. The van der Waals surface area contributed by atoms with Gasteiger partial charge in [0.1, 0.15) is 0 Å². The van der Waals surface area contributed by atoms with Gasteiger partial charge in [-0.2, -0.15) is 26.3 Å². The molecule has 0 aliphatic heterocycles. The summed E-state index contributed by atoms with van der Waals surface area (Å²) in [6, 6.07) is 6.28. The summed E-state index contributed by atoms with van der Waals surface area (Å²) >= 11 is 17.3. The van der Waals surface area contributed by atoms with E-state index in [0.717, 1.165) is 24.3 Å². The van der Waals surface area contributed by atoms with Crippen molar-refractivity contribution in [2.24, 2.45) is 10.2 Å². The van der Waals surface area contributed by atoms with Crippen LogP contribution in [0.15, 0.2) is 55.5 Å². The van der Waals surface area contributed by atoms with Gasteiger partial charge < -0.3 is 0 Å². The van der Waals surface area contributed by atoms with Crippen molar-refractivity contribution in [2.45, 2.75) is 12.4 Å². The Morgan fingerprint density at radius 1 is 0.679 bits per heavy atom. The van der Waals surface area contributed by atoms with Crippen LogP contribution in [0.2, 0.25) is 0 Å². The number of hydrogen-bond acceptors (Lipinski definition) is 2. The molecule has 0 atom stereocenters. The highest BCUT2D eigenvalue weighted by molar-refractivity contribution is 9.10. The molecule has 28 heavy (non-hydrogen) atoms. The van der Waals surface area contributed by atoms with Crippen LogP contribution in [-0.2, 0) is 12.4 Å². The molecule has 0 bridgehead atoms. The fourth-order valence-electron chi connectivity index (χ4n) is 1.94. The molecule has 0 saturated heterocycles. The zero-order chi connectivity index (χ0) is 21.3. The number of benzene rings is 2. The number of halogens is 10. The van der Waals surface area contributed by atoms with Crippen LogP contribution < -0.4 is 0 Å². The van der Waals surface area contributed by atoms with Crippen molar-refractivity contribution in [1.82, 2.24) is 0 Å². The van der Waals surface area contributed by atoms with E-state index in [1.165, 1.54) is 12.1 Å². The lowest BCUT2D eigenvalue weighted by atomic mass is 10.1. The maximum Gasteiger partial charge on any atom is 0.417 e. The van der Waals surface area contributed by atoms with Crippen LogP contribution >= 0.6 is 55.1 Å². The van der Waals surface area contributed by atoms with Crippen LogP contribution in [0.25, 0.3) is 0 Å². The summed E-state index contributed by atoms with van der Waals surface area (Å²) < 4.78 is 77.2. The van der Waals surface area contributed by atoms with E-state index in [2.05, 4.69) is 42.1 Å². The predicted molar refractivity (Wildman–Crippen MR) is 103 cm³/mol. The van der Waals surface area contributed by atoms with E-state index in [9.17, 15) is 26.3 Å². The topological polar surface area (TPSA) is 24.7 Å². The molecular weight excluding hydrogens is 565 g/mol. The summed E-state index contributed by atoms with van der Waals surface area (Å²) in [5.74, 6) is 0. The first kappa shape index (κ1) is 23.2. The van der Waals surface area contributed by atoms with E-state index in [1.54, 1.807) is 0 Å². The van der Waals surface area contributed by atoms with Crippen LogP contribution in [0.4, 0.5) is 26.3 Å². The van der Waals surface area contributed by atoms with Crippen LogP contribution in [-0.4, -0.2) is 10.3 Å². The molecule has 0 saturated carbocycles. The fraction of sp³-hybridized carbons (Fsp3) is 0.125. The average Bonchev–Trinajstić information content (AvgIpc) is 2.58. The van der Waals surface area contributed by atoms with Crippen LogP contribution in [0.5, 0.6) is 0 Å². The Bertz CT molecular complexity index is 878. The van der Waals surface area contributed by atoms with E-state index in [4.69, 9.17) is 23.2 Å². The van der Waals surface area contributed by atoms with Gasteiger partial charge in [0, 0.05) is 20.1 Å². The molecular formula is C16H6Br2Cl2F6N2. The quantitative estimate of drug-likeness (QED) is 0.204. The number of nitrogens with zero attached hydrogens (tertiary/aromatic N) is 2. The highest BCUT2D eigenvalue weighted by atomic mass is 79.9. The molecule has 0 N–H and O–H groups in total. The summed E-state index contributed by atoms with van der Waals surface area (Å²) in [5.41, 5.74) is -2.15. The first-order valence-electron chi connectivity index (χ1n) is 7.01. The largest absolute Gasteiger partial charge is 0.417 e.